The molecule has 0 saturated carbocycles. The summed E-state index contributed by atoms with van der Waals surface area (Å²) in [5.74, 6) is -2.74. The van der Waals surface area contributed by atoms with Gasteiger partial charge in [0.15, 0.2) is 0 Å². The summed E-state index contributed by atoms with van der Waals surface area (Å²) >= 11 is 0. The Bertz CT molecular complexity index is 809. The summed E-state index contributed by atoms with van der Waals surface area (Å²) in [6.07, 6.45) is -3.37. The van der Waals surface area contributed by atoms with Crippen LogP contribution >= 0.6 is 0 Å². The van der Waals surface area contributed by atoms with Crippen LogP contribution in [0.3, 0.4) is 0 Å². The van der Waals surface area contributed by atoms with Crippen molar-refractivity contribution in [2.45, 2.75) is 6.18 Å². The largest absolute Gasteiger partial charge is 0.508 e. The lowest BCUT2D eigenvalue weighted by Gasteiger charge is -2.13. The third-order valence-electron chi connectivity index (χ3n) is 2.96. The van der Waals surface area contributed by atoms with Crippen molar-refractivity contribution in [3.63, 3.8) is 0 Å². The highest BCUT2D eigenvalue weighted by Gasteiger charge is 2.31. The number of carbonyl (C=O) groups excluding carboxylic acids is 1. The van der Waals surface area contributed by atoms with Gasteiger partial charge in [0.25, 0.3) is 5.91 Å². The number of carboxylic acid groups (broad SMARTS) is 1. The Morgan fingerprint density at radius 1 is 1.20 bits per heavy atom. The number of aliphatic carboxylic acids is 1. The van der Waals surface area contributed by atoms with Crippen LogP contribution in [0.1, 0.15) is 15.9 Å². The van der Waals surface area contributed by atoms with Crippen LogP contribution in [-0.2, 0) is 11.0 Å². The normalized spacial score (nSPS) is 11.0. The van der Waals surface area contributed by atoms with Gasteiger partial charge in [-0.15, -0.1) is 0 Å². The van der Waals surface area contributed by atoms with Crippen molar-refractivity contribution >= 4 is 23.4 Å². The molecule has 0 aliphatic carbocycles. The summed E-state index contributed by atoms with van der Waals surface area (Å²) in [5, 5.41) is 22.7. The number of pyridine rings is 1. The van der Waals surface area contributed by atoms with E-state index in [0.29, 0.717) is 6.07 Å². The fourth-order valence-electron chi connectivity index (χ4n) is 1.92. The second-order valence-corrected chi connectivity index (χ2v) is 4.87. The molecule has 0 fully saturated rings. The second kappa shape index (κ2) is 7.07. The monoisotopic (exact) mass is 355 g/mol. The summed E-state index contributed by atoms with van der Waals surface area (Å²) in [5.41, 5.74) is -1.29. The van der Waals surface area contributed by atoms with Crippen LogP contribution in [0.5, 0.6) is 5.75 Å². The Balaban J connectivity index is 2.31. The lowest BCUT2D eigenvalue weighted by molar-refractivity contribution is -0.138. The number of nitrogens with zero attached hydrogens (tertiary/aromatic N) is 1. The van der Waals surface area contributed by atoms with Gasteiger partial charge in [-0.3, -0.25) is 9.59 Å². The Morgan fingerprint density at radius 2 is 1.92 bits per heavy atom. The number of hydrogen-bond donors (Lipinski definition) is 4. The molecule has 0 spiro atoms. The van der Waals surface area contributed by atoms with Gasteiger partial charge in [0.05, 0.1) is 11.1 Å². The molecule has 0 saturated heterocycles. The number of alkyl halides is 3. The minimum Gasteiger partial charge on any atom is -0.508 e. The highest BCUT2D eigenvalue weighted by atomic mass is 19.4. The predicted molar refractivity (Wildman–Crippen MR) is 80.6 cm³/mol. The van der Waals surface area contributed by atoms with Crippen molar-refractivity contribution in [1.82, 2.24) is 10.3 Å². The summed E-state index contributed by atoms with van der Waals surface area (Å²) in [6.45, 7) is -0.627. The SMILES string of the molecule is O=C(O)CNC(=O)c1cccnc1Nc1cc(O)cc(C(F)(F)F)c1. The first-order chi connectivity index (χ1) is 11.7. The molecule has 0 aliphatic rings. The average molecular weight is 355 g/mol. The van der Waals surface area contributed by atoms with Crippen molar-refractivity contribution in [1.29, 1.82) is 0 Å². The van der Waals surface area contributed by atoms with Crippen LogP contribution in [0.25, 0.3) is 0 Å². The minimum atomic E-state index is -4.67. The number of phenols is 1. The molecule has 1 aromatic carbocycles. The number of rotatable bonds is 5. The average Bonchev–Trinajstić information content (AvgIpc) is 2.51. The molecule has 7 nitrogen and oxygen atoms in total. The molecule has 132 valence electrons. The van der Waals surface area contributed by atoms with Crippen molar-refractivity contribution in [2.24, 2.45) is 0 Å². The first-order valence-corrected chi connectivity index (χ1v) is 6.80. The Labute approximate surface area is 139 Å². The number of anilines is 2. The second-order valence-electron chi connectivity index (χ2n) is 4.87. The minimum absolute atomic E-state index is 0.0688. The maximum absolute atomic E-state index is 12.8. The molecule has 1 aromatic heterocycles. The molecular formula is C15H12F3N3O4. The first kappa shape index (κ1) is 18.0. The number of aromatic nitrogens is 1. The molecule has 0 radical (unpaired) electrons. The van der Waals surface area contributed by atoms with E-state index >= 15 is 0 Å². The van der Waals surface area contributed by atoms with Crippen molar-refractivity contribution in [3.8, 4) is 5.75 Å². The Hall–Kier alpha value is -3.30. The van der Waals surface area contributed by atoms with Crippen LogP contribution < -0.4 is 10.6 Å². The third-order valence-corrected chi connectivity index (χ3v) is 2.96. The van der Waals surface area contributed by atoms with E-state index in [1.165, 1.54) is 18.3 Å². The topological polar surface area (TPSA) is 112 Å². The number of halogens is 3. The standard InChI is InChI=1S/C15H12F3N3O4/c16-15(17,18)8-4-9(6-10(22)5-8)21-13-11(2-1-3-19-13)14(25)20-7-12(23)24/h1-6,22H,7H2,(H,19,21)(H,20,25)(H,23,24). The number of aromatic hydroxyl groups is 1. The molecule has 0 aliphatic heterocycles. The summed E-state index contributed by atoms with van der Waals surface area (Å²) in [4.78, 5) is 26.3. The molecule has 2 rings (SSSR count). The summed E-state index contributed by atoms with van der Waals surface area (Å²) in [7, 11) is 0. The van der Waals surface area contributed by atoms with Gasteiger partial charge in [-0.1, -0.05) is 0 Å². The molecule has 1 heterocycles. The van der Waals surface area contributed by atoms with Gasteiger partial charge >= 0.3 is 12.1 Å². The first-order valence-electron chi connectivity index (χ1n) is 6.80. The lowest BCUT2D eigenvalue weighted by Crippen LogP contribution is -2.29. The quantitative estimate of drug-likeness (QED) is 0.655. The number of amides is 1. The molecule has 10 heteroatoms. The summed E-state index contributed by atoms with van der Waals surface area (Å²) in [6, 6.07) is 5.06. The molecule has 4 N–H and O–H groups in total. The molecule has 25 heavy (non-hydrogen) atoms. The van der Waals surface area contributed by atoms with Gasteiger partial charge in [0.1, 0.15) is 18.1 Å². The molecule has 2 aromatic rings. The van der Waals surface area contributed by atoms with Gasteiger partial charge in [-0.2, -0.15) is 13.2 Å². The maximum Gasteiger partial charge on any atom is 0.416 e. The van der Waals surface area contributed by atoms with E-state index in [1.807, 2.05) is 0 Å². The van der Waals surface area contributed by atoms with E-state index in [0.717, 1.165) is 12.1 Å². The fourth-order valence-corrected chi connectivity index (χ4v) is 1.92. The molecule has 0 unspecified atom stereocenters. The van der Waals surface area contributed by atoms with E-state index in [1.54, 1.807) is 0 Å². The van der Waals surface area contributed by atoms with Crippen LogP contribution in [0, 0.1) is 0 Å². The number of phenolic OH excluding ortho intramolecular Hbond substituents is 1. The molecule has 0 atom stereocenters. The number of hydrogen-bond acceptors (Lipinski definition) is 5. The van der Waals surface area contributed by atoms with Crippen LogP contribution in [-0.4, -0.2) is 33.6 Å². The molecular weight excluding hydrogens is 343 g/mol. The predicted octanol–water partition coefficient (Wildman–Crippen LogP) is 2.36. The maximum atomic E-state index is 12.8. The van der Waals surface area contributed by atoms with Gasteiger partial charge in [-0.05, 0) is 24.3 Å². The molecule has 1 amide bonds. The van der Waals surface area contributed by atoms with E-state index in [2.05, 4.69) is 15.6 Å². The molecule has 0 bridgehead atoms. The van der Waals surface area contributed by atoms with Crippen LogP contribution in [0.4, 0.5) is 24.7 Å². The van der Waals surface area contributed by atoms with Crippen LogP contribution in [0.2, 0.25) is 0 Å². The van der Waals surface area contributed by atoms with Gasteiger partial charge in [0, 0.05) is 18.0 Å². The van der Waals surface area contributed by atoms with E-state index in [-0.39, 0.29) is 17.1 Å². The zero-order valence-electron chi connectivity index (χ0n) is 12.5. The van der Waals surface area contributed by atoms with Gasteiger partial charge in [0.2, 0.25) is 0 Å². The van der Waals surface area contributed by atoms with Crippen LogP contribution in [0.15, 0.2) is 36.5 Å². The third kappa shape index (κ3) is 4.83. The zero-order chi connectivity index (χ0) is 18.6. The lowest BCUT2D eigenvalue weighted by atomic mass is 10.1. The number of nitrogens with one attached hydrogen (secondary N) is 2. The van der Waals surface area contributed by atoms with Crippen molar-refractivity contribution < 1.29 is 33.0 Å². The number of benzene rings is 1. The fraction of sp³-hybridized carbons (Fsp3) is 0.133. The zero-order valence-corrected chi connectivity index (χ0v) is 12.5. The van der Waals surface area contributed by atoms with Crippen molar-refractivity contribution in [2.75, 3.05) is 11.9 Å². The van der Waals surface area contributed by atoms with Gasteiger partial charge in [-0.25, -0.2) is 4.98 Å². The smallest absolute Gasteiger partial charge is 0.416 e. The van der Waals surface area contributed by atoms with Crippen molar-refractivity contribution in [3.05, 3.63) is 47.7 Å². The number of carboxylic acids is 1. The van der Waals surface area contributed by atoms with E-state index < -0.39 is 35.9 Å². The van der Waals surface area contributed by atoms with Gasteiger partial charge < -0.3 is 20.8 Å². The summed E-state index contributed by atoms with van der Waals surface area (Å²) < 4.78 is 38.4. The Morgan fingerprint density at radius 3 is 2.56 bits per heavy atom. The highest BCUT2D eigenvalue weighted by Crippen LogP contribution is 2.34. The Kier molecular flexibility index (Phi) is 5.11. The highest BCUT2D eigenvalue weighted by molar-refractivity contribution is 6.00. The van der Waals surface area contributed by atoms with E-state index in [9.17, 15) is 27.9 Å². The van der Waals surface area contributed by atoms with E-state index in [4.69, 9.17) is 5.11 Å². The number of carbonyl (C=O) groups is 2.